The van der Waals surface area contributed by atoms with Crippen LogP contribution in [-0.2, 0) is 7.05 Å². The third kappa shape index (κ3) is 1.55. The first-order valence-corrected chi connectivity index (χ1v) is 4.96. The Morgan fingerprint density at radius 2 is 2.31 bits per heavy atom. The first-order valence-electron chi connectivity index (χ1n) is 3.71. The minimum atomic E-state index is 0.652. The van der Waals surface area contributed by atoms with Gasteiger partial charge in [-0.3, -0.25) is 4.68 Å². The third-order valence-corrected chi connectivity index (χ3v) is 3.04. The van der Waals surface area contributed by atoms with Crippen molar-refractivity contribution < 1.29 is 0 Å². The molecule has 0 radical (unpaired) electrons. The molecule has 0 spiro atoms. The number of aryl methyl sites for hydroxylation is 1. The summed E-state index contributed by atoms with van der Waals surface area (Å²) in [5.41, 5.74) is 6.53. The fourth-order valence-electron chi connectivity index (χ4n) is 1.05. The van der Waals surface area contributed by atoms with Crippen LogP contribution >= 0.6 is 22.9 Å². The first-order chi connectivity index (χ1) is 6.16. The first kappa shape index (κ1) is 8.59. The van der Waals surface area contributed by atoms with Gasteiger partial charge in [0.2, 0.25) is 0 Å². The maximum atomic E-state index is 5.80. The molecular formula is C8H8ClN3S. The maximum Gasteiger partial charge on any atom is 0.121 e. The van der Waals surface area contributed by atoms with Gasteiger partial charge in [-0.2, -0.15) is 5.10 Å². The van der Waals surface area contributed by atoms with Crippen LogP contribution < -0.4 is 5.73 Å². The fraction of sp³-hybridized carbons (Fsp3) is 0.125. The summed E-state index contributed by atoms with van der Waals surface area (Å²) in [6.45, 7) is 0. The maximum absolute atomic E-state index is 5.80. The van der Waals surface area contributed by atoms with Crippen LogP contribution in [0.3, 0.4) is 0 Å². The van der Waals surface area contributed by atoms with E-state index in [0.29, 0.717) is 5.82 Å². The Kier molecular flexibility index (Phi) is 2.01. The van der Waals surface area contributed by atoms with Crippen LogP contribution in [0.25, 0.3) is 10.6 Å². The zero-order valence-corrected chi connectivity index (χ0v) is 8.56. The van der Waals surface area contributed by atoms with Gasteiger partial charge in [-0.05, 0) is 6.07 Å². The van der Waals surface area contributed by atoms with Crippen LogP contribution in [0.1, 0.15) is 0 Å². The number of nitrogens with zero attached hydrogens (tertiary/aromatic N) is 2. The van der Waals surface area contributed by atoms with E-state index >= 15 is 0 Å². The van der Waals surface area contributed by atoms with E-state index < -0.39 is 0 Å². The molecule has 2 aromatic heterocycles. The van der Waals surface area contributed by atoms with E-state index in [4.69, 9.17) is 17.3 Å². The number of aromatic nitrogens is 2. The molecule has 2 rings (SSSR count). The monoisotopic (exact) mass is 213 g/mol. The highest BCUT2D eigenvalue weighted by atomic mass is 35.5. The summed E-state index contributed by atoms with van der Waals surface area (Å²) >= 11 is 7.36. The smallest absolute Gasteiger partial charge is 0.121 e. The van der Waals surface area contributed by atoms with Crippen LogP contribution in [-0.4, -0.2) is 9.78 Å². The molecule has 0 atom stereocenters. The van der Waals surface area contributed by atoms with Gasteiger partial charge >= 0.3 is 0 Å². The molecule has 2 aromatic rings. The summed E-state index contributed by atoms with van der Waals surface area (Å²) in [5.74, 6) is 0.652. The van der Waals surface area contributed by atoms with Gasteiger partial charge in [0.15, 0.2) is 0 Å². The molecule has 68 valence electrons. The van der Waals surface area contributed by atoms with Crippen LogP contribution in [0.5, 0.6) is 0 Å². The van der Waals surface area contributed by atoms with E-state index in [-0.39, 0.29) is 0 Å². The van der Waals surface area contributed by atoms with Gasteiger partial charge in [0.1, 0.15) is 11.5 Å². The number of rotatable bonds is 1. The van der Waals surface area contributed by atoms with E-state index in [1.807, 2.05) is 24.6 Å². The van der Waals surface area contributed by atoms with Gasteiger partial charge in [-0.25, -0.2) is 0 Å². The number of nitrogen functional groups attached to an aromatic ring is 1. The van der Waals surface area contributed by atoms with Gasteiger partial charge in [-0.15, -0.1) is 11.3 Å². The summed E-state index contributed by atoms with van der Waals surface area (Å²) in [7, 11) is 1.81. The molecular weight excluding hydrogens is 206 g/mol. The van der Waals surface area contributed by atoms with Crippen LogP contribution in [0.4, 0.5) is 5.82 Å². The van der Waals surface area contributed by atoms with Gasteiger partial charge in [0.25, 0.3) is 0 Å². The summed E-state index contributed by atoms with van der Waals surface area (Å²) in [5, 5.41) is 6.85. The zero-order chi connectivity index (χ0) is 9.42. The predicted octanol–water partition coefficient (Wildman–Crippen LogP) is 2.38. The van der Waals surface area contributed by atoms with Crippen molar-refractivity contribution in [3.05, 3.63) is 22.5 Å². The Morgan fingerprint density at radius 3 is 2.77 bits per heavy atom. The normalized spacial score (nSPS) is 10.6. The van der Waals surface area contributed by atoms with E-state index in [0.717, 1.165) is 15.6 Å². The van der Waals surface area contributed by atoms with E-state index in [2.05, 4.69) is 5.10 Å². The molecule has 2 heterocycles. The van der Waals surface area contributed by atoms with Crippen molar-refractivity contribution >= 4 is 28.8 Å². The highest BCUT2D eigenvalue weighted by Gasteiger charge is 2.06. The summed E-state index contributed by atoms with van der Waals surface area (Å²) in [6, 6.07) is 3.72. The molecule has 5 heteroatoms. The Hall–Kier alpha value is -1.00. The minimum absolute atomic E-state index is 0.652. The van der Waals surface area contributed by atoms with E-state index in [9.17, 15) is 0 Å². The topological polar surface area (TPSA) is 43.8 Å². The number of nitrogens with two attached hydrogens (primary N) is 1. The molecule has 0 amide bonds. The molecule has 0 unspecified atom stereocenters. The summed E-state index contributed by atoms with van der Waals surface area (Å²) < 4.78 is 1.64. The molecule has 0 saturated carbocycles. The number of anilines is 1. The van der Waals surface area contributed by atoms with Crippen molar-refractivity contribution in [1.82, 2.24) is 9.78 Å². The average molecular weight is 214 g/mol. The SMILES string of the molecule is Cn1nc(-c2cc(Cl)cs2)cc1N. The van der Waals surface area contributed by atoms with Crippen molar-refractivity contribution in [2.24, 2.45) is 7.05 Å². The van der Waals surface area contributed by atoms with Crippen molar-refractivity contribution in [2.75, 3.05) is 5.73 Å². The summed E-state index contributed by atoms with van der Waals surface area (Å²) in [4.78, 5) is 1.04. The number of thiophene rings is 1. The lowest BCUT2D eigenvalue weighted by atomic mass is 10.3. The molecule has 0 aromatic carbocycles. The minimum Gasteiger partial charge on any atom is -0.384 e. The Balaban J connectivity index is 2.46. The molecule has 0 aliphatic heterocycles. The quantitative estimate of drug-likeness (QED) is 0.791. The zero-order valence-electron chi connectivity index (χ0n) is 6.99. The van der Waals surface area contributed by atoms with Gasteiger partial charge < -0.3 is 5.73 Å². The van der Waals surface area contributed by atoms with E-state index in [1.54, 1.807) is 16.0 Å². The molecule has 2 N–H and O–H groups in total. The number of halogens is 1. The van der Waals surface area contributed by atoms with Gasteiger partial charge in [-0.1, -0.05) is 11.6 Å². The number of hydrogen-bond donors (Lipinski definition) is 1. The molecule has 0 saturated heterocycles. The van der Waals surface area contributed by atoms with Crippen molar-refractivity contribution in [1.29, 1.82) is 0 Å². The van der Waals surface area contributed by atoms with Crippen molar-refractivity contribution in [3.8, 4) is 10.6 Å². The van der Waals surface area contributed by atoms with Gasteiger partial charge in [0, 0.05) is 18.5 Å². The summed E-state index contributed by atoms with van der Waals surface area (Å²) in [6.07, 6.45) is 0. The Morgan fingerprint density at radius 1 is 1.54 bits per heavy atom. The molecule has 3 nitrogen and oxygen atoms in total. The third-order valence-electron chi connectivity index (χ3n) is 1.74. The Bertz CT molecular complexity index is 413. The molecule has 13 heavy (non-hydrogen) atoms. The van der Waals surface area contributed by atoms with Crippen LogP contribution in [0.15, 0.2) is 17.5 Å². The largest absolute Gasteiger partial charge is 0.384 e. The Labute approximate surface area is 84.7 Å². The van der Waals surface area contributed by atoms with E-state index in [1.165, 1.54) is 0 Å². The van der Waals surface area contributed by atoms with Crippen molar-refractivity contribution in [3.63, 3.8) is 0 Å². The lowest BCUT2D eigenvalue weighted by Crippen LogP contribution is -1.96. The van der Waals surface area contributed by atoms with Crippen LogP contribution in [0, 0.1) is 0 Å². The fourth-order valence-corrected chi connectivity index (χ4v) is 2.08. The lowest BCUT2D eigenvalue weighted by Gasteiger charge is -1.89. The second-order valence-electron chi connectivity index (χ2n) is 2.71. The highest BCUT2D eigenvalue weighted by molar-refractivity contribution is 7.14. The standard InChI is InChI=1S/C8H8ClN3S/c1-12-8(10)3-6(11-12)7-2-5(9)4-13-7/h2-4H,10H2,1H3. The second-order valence-corrected chi connectivity index (χ2v) is 4.05. The predicted molar refractivity (Wildman–Crippen MR) is 55.9 cm³/mol. The molecule has 0 aliphatic carbocycles. The molecule has 0 bridgehead atoms. The average Bonchev–Trinajstić information content (AvgIpc) is 2.61. The van der Waals surface area contributed by atoms with Crippen LogP contribution in [0.2, 0.25) is 5.02 Å². The lowest BCUT2D eigenvalue weighted by molar-refractivity contribution is 0.783. The second kappa shape index (κ2) is 3.05. The van der Waals surface area contributed by atoms with Crippen molar-refractivity contribution in [2.45, 2.75) is 0 Å². The number of hydrogen-bond acceptors (Lipinski definition) is 3. The van der Waals surface area contributed by atoms with Gasteiger partial charge in [0.05, 0.1) is 9.90 Å². The molecule has 0 aliphatic rings. The highest BCUT2D eigenvalue weighted by Crippen LogP contribution is 2.29. The molecule has 0 fully saturated rings.